The minimum Gasteiger partial charge on any atom is -0.302 e. The van der Waals surface area contributed by atoms with Gasteiger partial charge in [-0.05, 0) is 49.6 Å². The largest absolute Gasteiger partial charge is 0.501 e. The Balaban J connectivity index is 1.74. The summed E-state index contributed by atoms with van der Waals surface area (Å²) in [5, 5.41) is 8.77. The van der Waals surface area contributed by atoms with Gasteiger partial charge >= 0.3 is 5.51 Å². The molecule has 0 unspecified atom stereocenters. The second kappa shape index (κ2) is 5.73. The Labute approximate surface area is 146 Å². The number of aromatic nitrogens is 3. The Morgan fingerprint density at radius 1 is 1.08 bits per heavy atom. The highest BCUT2D eigenvalue weighted by molar-refractivity contribution is 8.00. The number of sulfone groups is 1. The third kappa shape index (κ3) is 3.05. The molecular weight excluding hydrogens is 375 g/mol. The number of halogens is 3. The molecule has 1 heterocycles. The van der Waals surface area contributed by atoms with E-state index in [1.165, 1.54) is 18.2 Å². The summed E-state index contributed by atoms with van der Waals surface area (Å²) in [6, 6.07) is 5.40. The highest BCUT2D eigenvalue weighted by atomic mass is 32.2. The van der Waals surface area contributed by atoms with Gasteiger partial charge < -0.3 is 4.57 Å². The van der Waals surface area contributed by atoms with Crippen molar-refractivity contribution < 1.29 is 21.6 Å². The third-order valence-corrected chi connectivity index (χ3v) is 6.90. The summed E-state index contributed by atoms with van der Waals surface area (Å²) in [6.45, 7) is 0. The van der Waals surface area contributed by atoms with Crippen molar-refractivity contribution >= 4 is 21.6 Å². The molecule has 0 radical (unpaired) electrons. The summed E-state index contributed by atoms with van der Waals surface area (Å²) < 4.78 is 64.5. The minimum absolute atomic E-state index is 0.0106. The average molecular weight is 389 g/mol. The molecule has 1 aromatic heterocycles. The molecule has 10 heteroatoms. The first-order valence-electron chi connectivity index (χ1n) is 7.82. The first-order valence-corrected chi connectivity index (χ1v) is 10.1. The molecule has 0 saturated heterocycles. The molecule has 134 valence electrons. The number of hydrogen-bond donors (Lipinski definition) is 0. The van der Waals surface area contributed by atoms with Crippen LogP contribution in [-0.2, 0) is 9.84 Å². The topological polar surface area (TPSA) is 64.8 Å². The lowest BCUT2D eigenvalue weighted by Gasteiger charge is -2.13. The van der Waals surface area contributed by atoms with Crippen molar-refractivity contribution in [3.05, 3.63) is 30.1 Å². The summed E-state index contributed by atoms with van der Waals surface area (Å²) in [5.41, 5.74) is -5.34. The van der Waals surface area contributed by atoms with Gasteiger partial charge in [-0.25, -0.2) is 8.42 Å². The normalized spacial score (nSPS) is 18.5. The standard InChI is InChI=1S/C15H14F3N3O2S2/c16-15(17,18)25(22,23)12-4-2-1-3-11(12)24-14-20-19-13(9-5-6-9)21(14)10-7-8-10/h1-4,9-10H,5-8H2. The van der Waals surface area contributed by atoms with E-state index in [2.05, 4.69) is 10.2 Å². The molecule has 0 bridgehead atoms. The molecular formula is C15H14F3N3O2S2. The Kier molecular flexibility index (Phi) is 3.87. The fraction of sp³-hybridized carbons (Fsp3) is 0.467. The van der Waals surface area contributed by atoms with Crippen LogP contribution in [0.15, 0.2) is 39.2 Å². The van der Waals surface area contributed by atoms with Crippen molar-refractivity contribution in [3.63, 3.8) is 0 Å². The fourth-order valence-corrected chi connectivity index (χ4v) is 4.86. The number of nitrogens with zero attached hydrogens (tertiary/aromatic N) is 3. The molecule has 4 rings (SSSR count). The van der Waals surface area contributed by atoms with Crippen LogP contribution in [-0.4, -0.2) is 28.7 Å². The van der Waals surface area contributed by atoms with Crippen LogP contribution in [0.2, 0.25) is 0 Å². The zero-order chi connectivity index (χ0) is 17.8. The molecule has 2 aliphatic carbocycles. The average Bonchev–Trinajstić information content (AvgIpc) is 3.46. The van der Waals surface area contributed by atoms with Crippen molar-refractivity contribution in [3.8, 4) is 0 Å². The first kappa shape index (κ1) is 16.9. The van der Waals surface area contributed by atoms with Crippen molar-refractivity contribution in [2.24, 2.45) is 0 Å². The van der Waals surface area contributed by atoms with E-state index in [1.54, 1.807) is 0 Å². The number of rotatable bonds is 5. The zero-order valence-corrected chi connectivity index (χ0v) is 14.5. The summed E-state index contributed by atoms with van der Waals surface area (Å²) in [4.78, 5) is -0.734. The molecule has 2 aromatic rings. The second-order valence-corrected chi connectivity index (χ2v) is 9.13. The molecule has 0 amide bonds. The van der Waals surface area contributed by atoms with Gasteiger partial charge in [-0.2, -0.15) is 13.2 Å². The predicted molar refractivity (Wildman–Crippen MR) is 84.1 cm³/mol. The molecule has 0 N–H and O–H groups in total. The van der Waals surface area contributed by atoms with Gasteiger partial charge in [0, 0.05) is 16.9 Å². The maximum atomic E-state index is 12.9. The number of benzene rings is 1. The molecule has 0 aliphatic heterocycles. The van der Waals surface area contributed by atoms with Crippen molar-refractivity contribution in [1.82, 2.24) is 14.8 Å². The smallest absolute Gasteiger partial charge is 0.302 e. The van der Waals surface area contributed by atoms with Crippen LogP contribution >= 0.6 is 11.8 Å². The van der Waals surface area contributed by atoms with E-state index in [0.717, 1.165) is 49.3 Å². The Hall–Kier alpha value is -1.55. The minimum atomic E-state index is -5.42. The van der Waals surface area contributed by atoms with Gasteiger partial charge in [0.25, 0.3) is 9.84 Å². The lowest BCUT2D eigenvalue weighted by molar-refractivity contribution is -0.0437. The Morgan fingerprint density at radius 2 is 1.76 bits per heavy atom. The van der Waals surface area contributed by atoms with Gasteiger partial charge in [-0.3, -0.25) is 0 Å². The maximum Gasteiger partial charge on any atom is 0.501 e. The van der Waals surface area contributed by atoms with Gasteiger partial charge in [0.05, 0.1) is 4.90 Å². The van der Waals surface area contributed by atoms with Crippen LogP contribution in [0.1, 0.15) is 43.5 Å². The van der Waals surface area contributed by atoms with Gasteiger partial charge in [0.1, 0.15) is 5.82 Å². The van der Waals surface area contributed by atoms with Crippen LogP contribution in [0.5, 0.6) is 0 Å². The highest BCUT2D eigenvalue weighted by Gasteiger charge is 2.48. The lowest BCUT2D eigenvalue weighted by Crippen LogP contribution is -2.23. The number of alkyl halides is 3. The van der Waals surface area contributed by atoms with Gasteiger partial charge in [-0.1, -0.05) is 12.1 Å². The monoisotopic (exact) mass is 389 g/mol. The third-order valence-electron chi connectivity index (χ3n) is 4.19. The van der Waals surface area contributed by atoms with E-state index in [0.29, 0.717) is 11.1 Å². The molecule has 5 nitrogen and oxygen atoms in total. The Morgan fingerprint density at radius 3 is 2.36 bits per heavy atom. The van der Waals surface area contributed by atoms with Crippen LogP contribution < -0.4 is 0 Å². The Bertz CT molecular complexity index is 916. The van der Waals surface area contributed by atoms with Crippen LogP contribution in [0, 0.1) is 0 Å². The SMILES string of the molecule is O=S(=O)(c1ccccc1Sc1nnc(C2CC2)n1C1CC1)C(F)(F)F. The quantitative estimate of drug-likeness (QED) is 0.775. The summed E-state index contributed by atoms with van der Waals surface area (Å²) >= 11 is 0.928. The van der Waals surface area contributed by atoms with Crippen LogP contribution in [0.3, 0.4) is 0 Å². The summed E-state index contributed by atoms with van der Waals surface area (Å²) in [6.07, 6.45) is 4.03. The first-order chi connectivity index (χ1) is 11.8. The molecule has 0 atom stereocenters. The summed E-state index contributed by atoms with van der Waals surface area (Å²) in [5.74, 6) is 1.22. The molecule has 0 spiro atoms. The van der Waals surface area contributed by atoms with Crippen LogP contribution in [0.4, 0.5) is 13.2 Å². The van der Waals surface area contributed by atoms with E-state index in [9.17, 15) is 21.6 Å². The number of hydrogen-bond acceptors (Lipinski definition) is 5. The van der Waals surface area contributed by atoms with E-state index in [1.807, 2.05) is 4.57 Å². The fourth-order valence-electron chi connectivity index (χ4n) is 2.63. The summed E-state index contributed by atoms with van der Waals surface area (Å²) in [7, 11) is -5.42. The van der Waals surface area contributed by atoms with Gasteiger partial charge in [-0.15, -0.1) is 10.2 Å². The van der Waals surface area contributed by atoms with Crippen molar-refractivity contribution in [2.45, 2.75) is 58.1 Å². The van der Waals surface area contributed by atoms with E-state index in [-0.39, 0.29) is 10.9 Å². The molecule has 2 saturated carbocycles. The van der Waals surface area contributed by atoms with Gasteiger partial charge in [0.2, 0.25) is 0 Å². The van der Waals surface area contributed by atoms with Gasteiger partial charge in [0.15, 0.2) is 5.16 Å². The van der Waals surface area contributed by atoms with E-state index in [4.69, 9.17) is 0 Å². The van der Waals surface area contributed by atoms with Crippen molar-refractivity contribution in [1.29, 1.82) is 0 Å². The van der Waals surface area contributed by atoms with Crippen molar-refractivity contribution in [2.75, 3.05) is 0 Å². The van der Waals surface area contributed by atoms with E-state index < -0.39 is 20.2 Å². The highest BCUT2D eigenvalue weighted by Crippen LogP contribution is 2.47. The zero-order valence-electron chi connectivity index (χ0n) is 12.9. The maximum absolute atomic E-state index is 12.9. The second-order valence-electron chi connectivity index (χ2n) is 6.21. The predicted octanol–water partition coefficient (Wildman–Crippen LogP) is 3.94. The molecule has 2 fully saturated rings. The molecule has 2 aliphatic rings. The van der Waals surface area contributed by atoms with E-state index >= 15 is 0 Å². The molecule has 25 heavy (non-hydrogen) atoms. The molecule has 1 aromatic carbocycles. The lowest BCUT2D eigenvalue weighted by atomic mass is 10.4. The van der Waals surface area contributed by atoms with Crippen LogP contribution in [0.25, 0.3) is 0 Å².